The molecule has 2 bridgehead atoms. The van der Waals surface area contributed by atoms with E-state index in [1.54, 1.807) is 13.2 Å². The Bertz CT molecular complexity index is 1090. The molecule has 4 nitrogen and oxygen atoms in total. The smallest absolute Gasteiger partial charge is 0.255 e. The van der Waals surface area contributed by atoms with Gasteiger partial charge in [-0.25, -0.2) is 0 Å². The average Bonchev–Trinajstić information content (AvgIpc) is 3.02. The molecule has 2 unspecified atom stereocenters. The number of piperidine rings is 1. The van der Waals surface area contributed by atoms with Gasteiger partial charge in [0, 0.05) is 40.5 Å². The van der Waals surface area contributed by atoms with Gasteiger partial charge in [0.2, 0.25) is 0 Å². The van der Waals surface area contributed by atoms with Gasteiger partial charge >= 0.3 is 0 Å². The zero-order valence-corrected chi connectivity index (χ0v) is 18.4. The van der Waals surface area contributed by atoms with Crippen molar-refractivity contribution >= 4 is 28.3 Å². The van der Waals surface area contributed by atoms with Gasteiger partial charge in [-0.15, -0.1) is 0 Å². The van der Waals surface area contributed by atoms with Gasteiger partial charge in [0.1, 0.15) is 5.75 Å². The summed E-state index contributed by atoms with van der Waals surface area (Å²) in [5.74, 6) is 0.479. The summed E-state index contributed by atoms with van der Waals surface area (Å²) in [6, 6.07) is 21.4. The van der Waals surface area contributed by atoms with Gasteiger partial charge in [0.15, 0.2) is 0 Å². The molecule has 3 aromatic carbocycles. The number of benzene rings is 3. The maximum absolute atomic E-state index is 13.2. The van der Waals surface area contributed by atoms with Crippen LogP contribution in [0.25, 0.3) is 10.8 Å². The summed E-state index contributed by atoms with van der Waals surface area (Å²) in [7, 11) is 1.61. The summed E-state index contributed by atoms with van der Waals surface area (Å²) < 4.78 is 5.63. The van der Waals surface area contributed by atoms with Gasteiger partial charge in [-0.05, 0) is 37.3 Å². The molecule has 2 atom stereocenters. The number of methoxy groups -OCH3 is 1. The molecular weight excluding hydrogens is 408 g/mol. The molecule has 0 spiro atoms. The lowest BCUT2D eigenvalue weighted by Gasteiger charge is -2.39. The molecule has 1 N–H and O–H groups in total. The van der Waals surface area contributed by atoms with Crippen LogP contribution in [0, 0.1) is 0 Å². The average molecular weight is 435 g/mol. The number of ether oxygens (including phenoxy) is 1. The van der Waals surface area contributed by atoms with Crippen LogP contribution in [-0.2, 0) is 6.54 Å². The van der Waals surface area contributed by atoms with Crippen molar-refractivity contribution in [2.24, 2.45) is 0 Å². The van der Waals surface area contributed by atoms with E-state index in [0.29, 0.717) is 28.4 Å². The normalized spacial score (nSPS) is 23.1. The van der Waals surface area contributed by atoms with E-state index in [0.717, 1.165) is 30.2 Å². The number of amides is 1. The van der Waals surface area contributed by atoms with Crippen LogP contribution >= 0.6 is 11.6 Å². The molecule has 0 aromatic heterocycles. The summed E-state index contributed by atoms with van der Waals surface area (Å²) >= 11 is 6.49. The van der Waals surface area contributed by atoms with Crippen LogP contribution in [0.1, 0.15) is 41.6 Å². The molecule has 2 aliphatic heterocycles. The van der Waals surface area contributed by atoms with Gasteiger partial charge < -0.3 is 10.1 Å². The third-order valence-electron chi connectivity index (χ3n) is 6.82. The van der Waals surface area contributed by atoms with Crippen molar-refractivity contribution in [2.45, 2.75) is 50.4 Å². The monoisotopic (exact) mass is 434 g/mol. The van der Waals surface area contributed by atoms with Crippen molar-refractivity contribution < 1.29 is 9.53 Å². The Kier molecular flexibility index (Phi) is 5.59. The van der Waals surface area contributed by atoms with E-state index in [9.17, 15) is 4.79 Å². The summed E-state index contributed by atoms with van der Waals surface area (Å²) in [6.45, 7) is 0.991. The number of halogens is 1. The second-order valence-electron chi connectivity index (χ2n) is 8.67. The first kappa shape index (κ1) is 20.3. The molecule has 1 amide bonds. The number of rotatable bonds is 5. The zero-order valence-electron chi connectivity index (χ0n) is 17.7. The molecular formula is C26H27ClN2O2. The molecule has 5 heteroatoms. The minimum atomic E-state index is -0.106. The molecule has 3 aromatic rings. The molecule has 0 radical (unpaired) electrons. The number of carbonyl (C=O) groups is 1. The Balaban J connectivity index is 1.32. The lowest BCUT2D eigenvalue weighted by atomic mass is 9.96. The van der Waals surface area contributed by atoms with Gasteiger partial charge in [0.25, 0.3) is 5.91 Å². The second-order valence-corrected chi connectivity index (χ2v) is 9.08. The van der Waals surface area contributed by atoms with Crippen molar-refractivity contribution in [3.63, 3.8) is 0 Å². The highest BCUT2D eigenvalue weighted by Gasteiger charge is 2.41. The molecule has 2 aliphatic rings. The van der Waals surface area contributed by atoms with Crippen LogP contribution in [0.3, 0.4) is 0 Å². The fourth-order valence-electron chi connectivity index (χ4n) is 5.40. The fraction of sp³-hybridized carbons (Fsp3) is 0.346. The molecule has 2 saturated heterocycles. The Hall–Kier alpha value is -2.56. The highest BCUT2D eigenvalue weighted by atomic mass is 35.5. The number of nitrogens with one attached hydrogen (secondary N) is 1. The topological polar surface area (TPSA) is 41.6 Å². The number of fused-ring (bicyclic) bond motifs is 3. The van der Waals surface area contributed by atoms with Crippen LogP contribution in [0.15, 0.2) is 60.7 Å². The van der Waals surface area contributed by atoms with E-state index in [1.165, 1.54) is 18.4 Å². The largest absolute Gasteiger partial charge is 0.495 e. The molecule has 160 valence electrons. The molecule has 0 saturated carbocycles. The van der Waals surface area contributed by atoms with Crippen molar-refractivity contribution in [2.75, 3.05) is 7.11 Å². The highest BCUT2D eigenvalue weighted by Crippen LogP contribution is 2.38. The summed E-state index contributed by atoms with van der Waals surface area (Å²) in [6.07, 6.45) is 4.38. The summed E-state index contributed by atoms with van der Waals surface area (Å²) in [5.41, 5.74) is 1.86. The van der Waals surface area contributed by atoms with E-state index >= 15 is 0 Å². The number of nitrogens with zero attached hydrogens (tertiary/aromatic N) is 1. The van der Waals surface area contributed by atoms with E-state index < -0.39 is 0 Å². The lowest BCUT2D eigenvalue weighted by Crippen LogP contribution is -2.50. The van der Waals surface area contributed by atoms with E-state index in [2.05, 4.69) is 40.5 Å². The number of hydrogen-bond donors (Lipinski definition) is 1. The van der Waals surface area contributed by atoms with E-state index in [-0.39, 0.29) is 11.9 Å². The minimum absolute atomic E-state index is 0.106. The summed E-state index contributed by atoms with van der Waals surface area (Å²) in [5, 5.41) is 5.61. The van der Waals surface area contributed by atoms with Crippen molar-refractivity contribution in [3.05, 3.63) is 76.8 Å². The van der Waals surface area contributed by atoms with Gasteiger partial charge in [0.05, 0.1) is 12.7 Å². The van der Waals surface area contributed by atoms with Gasteiger partial charge in [-0.1, -0.05) is 66.2 Å². The number of carbonyl (C=O) groups excluding carboxylic acids is 1. The zero-order chi connectivity index (χ0) is 21.4. The van der Waals surface area contributed by atoms with Gasteiger partial charge in [-0.3, -0.25) is 9.69 Å². The first-order chi connectivity index (χ1) is 15.1. The first-order valence-corrected chi connectivity index (χ1v) is 11.4. The van der Waals surface area contributed by atoms with E-state index in [1.807, 2.05) is 24.3 Å². The maximum Gasteiger partial charge on any atom is 0.255 e. The fourth-order valence-corrected chi connectivity index (χ4v) is 5.67. The molecule has 2 fully saturated rings. The molecule has 2 heterocycles. The molecule has 31 heavy (non-hydrogen) atoms. The predicted octanol–water partition coefficient (Wildman–Crippen LogP) is 5.43. The van der Waals surface area contributed by atoms with E-state index in [4.69, 9.17) is 16.3 Å². The van der Waals surface area contributed by atoms with Crippen LogP contribution in [0.2, 0.25) is 5.02 Å². The highest BCUT2D eigenvalue weighted by molar-refractivity contribution is 6.36. The summed E-state index contributed by atoms with van der Waals surface area (Å²) in [4.78, 5) is 15.9. The molecule has 0 aliphatic carbocycles. The van der Waals surface area contributed by atoms with Crippen LogP contribution in [0.5, 0.6) is 5.75 Å². The lowest BCUT2D eigenvalue weighted by molar-refractivity contribution is 0.0825. The molecule has 5 rings (SSSR count). The third kappa shape index (κ3) is 3.90. The standard InChI is InChI=1S/C26H27ClN2O2/c1-31-25-22-10-6-5-9-21(22)24(27)15-23(25)26(30)28-18-13-19-11-12-20(14-18)29(19)16-17-7-3-2-4-8-17/h2-10,15,18-20H,11-14,16H2,1H3,(H,28,30). The minimum Gasteiger partial charge on any atom is -0.495 e. The number of hydrogen-bond acceptors (Lipinski definition) is 3. The van der Waals surface area contributed by atoms with Gasteiger partial charge in [-0.2, -0.15) is 0 Å². The Labute approximate surface area is 188 Å². The Morgan fingerprint density at radius 3 is 2.35 bits per heavy atom. The third-order valence-corrected chi connectivity index (χ3v) is 7.13. The van der Waals surface area contributed by atoms with Crippen molar-refractivity contribution in [1.29, 1.82) is 0 Å². The van der Waals surface area contributed by atoms with Crippen LogP contribution < -0.4 is 10.1 Å². The Morgan fingerprint density at radius 2 is 1.68 bits per heavy atom. The Morgan fingerprint density at radius 1 is 1.03 bits per heavy atom. The van der Waals surface area contributed by atoms with Crippen LogP contribution in [0.4, 0.5) is 0 Å². The SMILES string of the molecule is COc1c(C(=O)NC2CC3CCC(C2)N3Cc2ccccc2)cc(Cl)c2ccccc12. The maximum atomic E-state index is 13.2. The quantitative estimate of drug-likeness (QED) is 0.582. The predicted molar refractivity (Wildman–Crippen MR) is 125 cm³/mol. The van der Waals surface area contributed by atoms with Crippen molar-refractivity contribution in [1.82, 2.24) is 10.2 Å². The van der Waals surface area contributed by atoms with Crippen molar-refractivity contribution in [3.8, 4) is 5.75 Å². The van der Waals surface area contributed by atoms with Crippen LogP contribution in [-0.4, -0.2) is 36.0 Å². The second kappa shape index (κ2) is 8.52. The first-order valence-electron chi connectivity index (χ1n) is 11.0.